The number of thiocarbonyl (C=S) groups is 1. The van der Waals surface area contributed by atoms with Crippen molar-refractivity contribution >= 4 is 29.0 Å². The Kier molecular flexibility index (Phi) is 14.2. The molecule has 0 aliphatic carbocycles. The number of hydrogen-bond acceptors (Lipinski definition) is 1. The molecule has 0 aromatic carbocycles. The van der Waals surface area contributed by atoms with Gasteiger partial charge in [-0.2, -0.15) is 0 Å². The molecule has 0 saturated heterocycles. The van der Waals surface area contributed by atoms with Crippen molar-refractivity contribution in [2.45, 2.75) is 6.92 Å². The van der Waals surface area contributed by atoms with E-state index in [0.29, 0.717) is 4.20 Å². The minimum Gasteiger partial charge on any atom is -0.137 e. The minimum atomic E-state index is 0.694. The van der Waals surface area contributed by atoms with E-state index in [1.807, 2.05) is 0 Å². The molecule has 0 aromatic rings. The minimum absolute atomic E-state index is 0.694. The van der Waals surface area contributed by atoms with Gasteiger partial charge >= 0.3 is 0 Å². The summed E-state index contributed by atoms with van der Waals surface area (Å²) in [4.78, 5) is 0. The summed E-state index contributed by atoms with van der Waals surface area (Å²) in [7, 11) is 0. The molecule has 0 fully saturated rings. The van der Waals surface area contributed by atoms with Crippen LogP contribution in [-0.4, -0.2) is 4.20 Å². The molecular weight excluding hydrogens is 112 g/mol. The summed E-state index contributed by atoms with van der Waals surface area (Å²) in [5.74, 6) is 0. The zero-order chi connectivity index (χ0) is 5.58. The molecule has 0 rings (SSSR count). The Bertz CT molecular complexity index is 36.8. The molecule has 0 nitrogen and oxygen atoms in total. The second kappa shape index (κ2) is 8.95. The zero-order valence-corrected chi connectivity index (χ0v) is 5.48. The quantitative estimate of drug-likeness (QED) is 0.290. The van der Waals surface area contributed by atoms with Gasteiger partial charge < -0.3 is 0 Å². The highest BCUT2D eigenvalue weighted by molar-refractivity contribution is 8.11. The van der Waals surface area contributed by atoms with Crippen LogP contribution in [-0.2, 0) is 0 Å². The molecule has 0 saturated carbocycles. The average Bonchev–Trinajstić information content (AvgIpc) is 1.41. The molecule has 0 bridgehead atoms. The van der Waals surface area contributed by atoms with Crippen molar-refractivity contribution in [3.8, 4) is 0 Å². The Hall–Kier alpha value is 0.180. The Morgan fingerprint density at radius 1 is 1.67 bits per heavy atom. The van der Waals surface area contributed by atoms with Gasteiger partial charge in [0.2, 0.25) is 0 Å². The third-order valence-electron chi connectivity index (χ3n) is 0. The summed E-state index contributed by atoms with van der Waals surface area (Å²) in [5.41, 5.74) is 0. The fraction of sp³-hybridized carbons (Fsp3) is 0.250. The van der Waals surface area contributed by atoms with E-state index < -0.39 is 0 Å². The number of hydrogen-bond donors (Lipinski definition) is 1. The highest BCUT2D eigenvalue weighted by Crippen LogP contribution is 1.73. The Balaban J connectivity index is 0. The molecule has 0 unspecified atom stereocenters. The van der Waals surface area contributed by atoms with Crippen LogP contribution in [0.5, 0.6) is 0 Å². The summed E-state index contributed by atoms with van der Waals surface area (Å²) in [6.07, 6.45) is 0. The summed E-state index contributed by atoms with van der Waals surface area (Å²) in [6.45, 7) is 7.76. The van der Waals surface area contributed by atoms with Crippen LogP contribution in [0.3, 0.4) is 0 Å². The summed E-state index contributed by atoms with van der Waals surface area (Å²) >= 11 is 8.10. The van der Waals surface area contributed by atoms with Crippen LogP contribution >= 0.6 is 24.8 Å². The van der Waals surface area contributed by atoms with E-state index in [-0.39, 0.29) is 0 Å². The zero-order valence-electron chi connectivity index (χ0n) is 3.77. The summed E-state index contributed by atoms with van der Waals surface area (Å²) in [6, 6.07) is 0. The molecule has 0 atom stereocenters. The lowest BCUT2D eigenvalue weighted by molar-refractivity contribution is 2.12. The molecular formula is C4H8S2. The van der Waals surface area contributed by atoms with Crippen LogP contribution in [0.15, 0.2) is 13.2 Å². The third-order valence-corrected chi connectivity index (χ3v) is 0. The molecule has 36 valence electrons. The van der Waals surface area contributed by atoms with Gasteiger partial charge in [0.25, 0.3) is 0 Å². The second-order valence-corrected chi connectivity index (χ2v) is 2.10. The van der Waals surface area contributed by atoms with Gasteiger partial charge in [-0.25, -0.2) is 0 Å². The first kappa shape index (κ1) is 9.49. The molecule has 0 amide bonds. The predicted octanol–water partition coefficient (Wildman–Crippen LogP) is 2.07. The highest BCUT2D eigenvalue weighted by Gasteiger charge is 1.56. The number of thiol groups is 1. The van der Waals surface area contributed by atoms with E-state index in [9.17, 15) is 0 Å². The van der Waals surface area contributed by atoms with Crippen molar-refractivity contribution in [2.75, 3.05) is 0 Å². The maximum absolute atomic E-state index is 4.40. The van der Waals surface area contributed by atoms with Crippen molar-refractivity contribution in [1.82, 2.24) is 0 Å². The fourth-order valence-electron chi connectivity index (χ4n) is 0. The first-order valence-corrected chi connectivity index (χ1v) is 2.28. The lowest BCUT2D eigenvalue weighted by atomic mass is 11.0. The van der Waals surface area contributed by atoms with E-state index in [1.165, 1.54) is 0 Å². The van der Waals surface area contributed by atoms with Crippen LogP contribution in [0.4, 0.5) is 0 Å². The smallest absolute Gasteiger partial charge is 0.0416 e. The van der Waals surface area contributed by atoms with E-state index >= 15 is 0 Å². The van der Waals surface area contributed by atoms with E-state index in [1.54, 1.807) is 6.92 Å². The molecule has 0 N–H and O–H groups in total. The van der Waals surface area contributed by atoms with Crippen LogP contribution in [0.1, 0.15) is 6.92 Å². The molecule has 0 radical (unpaired) electrons. The van der Waals surface area contributed by atoms with E-state index in [2.05, 4.69) is 38.0 Å². The fourth-order valence-corrected chi connectivity index (χ4v) is 0. The van der Waals surface area contributed by atoms with Gasteiger partial charge in [-0.15, -0.1) is 25.8 Å². The molecule has 0 aliphatic heterocycles. The van der Waals surface area contributed by atoms with Crippen LogP contribution in [0.25, 0.3) is 0 Å². The van der Waals surface area contributed by atoms with Crippen molar-refractivity contribution in [1.29, 1.82) is 0 Å². The SMILES string of the molecule is C=C.CC(=S)S. The van der Waals surface area contributed by atoms with Crippen LogP contribution < -0.4 is 0 Å². The van der Waals surface area contributed by atoms with Gasteiger partial charge in [0.05, 0.1) is 0 Å². The van der Waals surface area contributed by atoms with Gasteiger partial charge in [0.1, 0.15) is 0 Å². The first-order chi connectivity index (χ1) is 2.73. The number of rotatable bonds is 0. The predicted molar refractivity (Wildman–Crippen MR) is 38.5 cm³/mol. The van der Waals surface area contributed by atoms with Gasteiger partial charge in [-0.1, -0.05) is 12.2 Å². The Morgan fingerprint density at radius 2 is 1.67 bits per heavy atom. The van der Waals surface area contributed by atoms with Gasteiger partial charge in [0, 0.05) is 4.20 Å². The van der Waals surface area contributed by atoms with Crippen molar-refractivity contribution < 1.29 is 0 Å². The maximum atomic E-state index is 4.40. The molecule has 2 heteroatoms. The van der Waals surface area contributed by atoms with Crippen molar-refractivity contribution in [3.63, 3.8) is 0 Å². The van der Waals surface area contributed by atoms with Crippen LogP contribution in [0.2, 0.25) is 0 Å². The topological polar surface area (TPSA) is 0 Å². The standard InChI is InChI=1S/C2H4S2.C2H4/c1-2(3)4;1-2/h1H3,(H,3,4);1-2H2. The third kappa shape index (κ3) is 1300. The normalized spacial score (nSPS) is 5.00. The largest absolute Gasteiger partial charge is 0.137 e. The summed E-state index contributed by atoms with van der Waals surface area (Å²) < 4.78 is 0.694. The summed E-state index contributed by atoms with van der Waals surface area (Å²) in [5, 5.41) is 0. The Labute approximate surface area is 49.7 Å². The maximum Gasteiger partial charge on any atom is 0.0416 e. The molecule has 6 heavy (non-hydrogen) atoms. The highest BCUT2D eigenvalue weighted by atomic mass is 32.1. The van der Waals surface area contributed by atoms with Crippen molar-refractivity contribution in [2.24, 2.45) is 0 Å². The van der Waals surface area contributed by atoms with Gasteiger partial charge in [0.15, 0.2) is 0 Å². The Morgan fingerprint density at radius 3 is 1.67 bits per heavy atom. The second-order valence-electron chi connectivity index (χ2n) is 0.519. The van der Waals surface area contributed by atoms with Crippen molar-refractivity contribution in [3.05, 3.63) is 13.2 Å². The lowest BCUT2D eigenvalue weighted by Crippen LogP contribution is -1.55. The molecule has 0 aliphatic rings. The molecule has 0 aromatic heterocycles. The van der Waals surface area contributed by atoms with Gasteiger partial charge in [-0.05, 0) is 6.92 Å². The van der Waals surface area contributed by atoms with E-state index in [4.69, 9.17) is 0 Å². The van der Waals surface area contributed by atoms with Crippen LogP contribution in [0, 0.1) is 0 Å². The van der Waals surface area contributed by atoms with Gasteiger partial charge in [-0.3, -0.25) is 0 Å². The average molecular weight is 120 g/mol. The lowest BCUT2D eigenvalue weighted by Gasteiger charge is -1.60. The molecule has 0 heterocycles. The first-order valence-electron chi connectivity index (χ1n) is 1.43. The molecule has 0 spiro atoms. The van der Waals surface area contributed by atoms with E-state index in [0.717, 1.165) is 0 Å². The monoisotopic (exact) mass is 120 g/mol.